The maximum atomic E-state index is 12.2. The van der Waals surface area contributed by atoms with Crippen molar-refractivity contribution >= 4 is 11.9 Å². The van der Waals surface area contributed by atoms with Crippen molar-refractivity contribution < 1.29 is 19.1 Å². The molecular formula is C24H45NO4. The highest BCUT2D eigenvalue weighted by Gasteiger charge is 2.19. The number of esters is 2. The van der Waals surface area contributed by atoms with Crippen molar-refractivity contribution in [2.24, 2.45) is 0 Å². The number of rotatable bonds is 17. The Balaban J connectivity index is 4.27. The summed E-state index contributed by atoms with van der Waals surface area (Å²) >= 11 is 0. The molecule has 5 nitrogen and oxygen atoms in total. The van der Waals surface area contributed by atoms with Gasteiger partial charge in [-0.2, -0.15) is 0 Å². The molecule has 0 N–H and O–H groups in total. The van der Waals surface area contributed by atoms with Crippen molar-refractivity contribution in [1.29, 1.82) is 0 Å². The highest BCUT2D eigenvalue weighted by Crippen LogP contribution is 2.10. The molecule has 0 fully saturated rings. The zero-order valence-electron chi connectivity index (χ0n) is 19.6. The minimum absolute atomic E-state index is 0.182. The lowest BCUT2D eigenvalue weighted by Crippen LogP contribution is -2.36. The smallest absolute Gasteiger partial charge is 0.320 e. The summed E-state index contributed by atoms with van der Waals surface area (Å²) in [6.07, 6.45) is 14.5. The summed E-state index contributed by atoms with van der Waals surface area (Å²) in [6, 6.07) is 0. The summed E-state index contributed by atoms with van der Waals surface area (Å²) in [5.74, 6) is -0.383. The van der Waals surface area contributed by atoms with Crippen LogP contribution in [0.15, 0.2) is 12.2 Å². The van der Waals surface area contributed by atoms with E-state index in [1.54, 1.807) is 0 Å². The van der Waals surface area contributed by atoms with Gasteiger partial charge in [-0.25, -0.2) is 0 Å². The van der Waals surface area contributed by atoms with E-state index in [1.807, 2.05) is 39.8 Å². The van der Waals surface area contributed by atoms with E-state index >= 15 is 0 Å². The molecule has 0 saturated heterocycles. The van der Waals surface area contributed by atoms with Gasteiger partial charge in [0.25, 0.3) is 0 Å². The minimum Gasteiger partial charge on any atom is -0.461 e. The Morgan fingerprint density at radius 3 is 2.07 bits per heavy atom. The lowest BCUT2D eigenvalue weighted by atomic mass is 10.1. The molecule has 29 heavy (non-hydrogen) atoms. The summed E-state index contributed by atoms with van der Waals surface area (Å²) in [5, 5.41) is 0. The van der Waals surface area contributed by atoms with Crippen LogP contribution in [0.5, 0.6) is 0 Å². The topological polar surface area (TPSA) is 55.8 Å². The number of carbonyl (C=O) groups is 2. The second kappa shape index (κ2) is 17.5. The van der Waals surface area contributed by atoms with Crippen LogP contribution in [0.1, 0.15) is 98.8 Å². The van der Waals surface area contributed by atoms with E-state index in [-0.39, 0.29) is 18.5 Å². The van der Waals surface area contributed by atoms with Crippen molar-refractivity contribution in [2.75, 3.05) is 26.2 Å². The van der Waals surface area contributed by atoms with Crippen LogP contribution in [0, 0.1) is 0 Å². The summed E-state index contributed by atoms with van der Waals surface area (Å²) in [5.41, 5.74) is -0.474. The molecule has 0 atom stereocenters. The Hall–Kier alpha value is -1.36. The molecule has 0 rings (SSSR count). The first-order chi connectivity index (χ1) is 13.8. The molecule has 0 radical (unpaired) electrons. The van der Waals surface area contributed by atoms with E-state index in [2.05, 4.69) is 11.8 Å². The summed E-state index contributed by atoms with van der Waals surface area (Å²) < 4.78 is 10.6. The van der Waals surface area contributed by atoms with Crippen molar-refractivity contribution in [3.63, 3.8) is 0 Å². The van der Waals surface area contributed by atoms with E-state index in [0.717, 1.165) is 19.4 Å². The fourth-order valence-corrected chi connectivity index (χ4v) is 3.01. The fraction of sp³-hybridized carbons (Fsp3) is 0.833. The van der Waals surface area contributed by atoms with Gasteiger partial charge in [0, 0.05) is 6.42 Å². The molecule has 5 heteroatoms. The van der Waals surface area contributed by atoms with Crippen LogP contribution in [0.3, 0.4) is 0 Å². The number of hydrogen-bond acceptors (Lipinski definition) is 5. The van der Waals surface area contributed by atoms with Crippen LogP contribution < -0.4 is 0 Å². The van der Waals surface area contributed by atoms with E-state index in [4.69, 9.17) is 9.47 Å². The first-order valence-corrected chi connectivity index (χ1v) is 11.5. The molecule has 170 valence electrons. The van der Waals surface area contributed by atoms with Gasteiger partial charge in [0.2, 0.25) is 0 Å². The third kappa shape index (κ3) is 19.7. The third-order valence-corrected chi connectivity index (χ3v) is 4.45. The standard InChI is InChI=1S/C24H45NO4/c1-6-8-10-11-12-13-14-18-25(21-23(27)29-24(3,4)5)19-16-17-22(26)28-20-15-9-7-2/h9,15H,6-8,10-14,16-21H2,1-5H3/b15-9-. The molecule has 0 saturated carbocycles. The molecule has 0 spiro atoms. The Morgan fingerprint density at radius 1 is 0.828 bits per heavy atom. The number of hydrogen-bond donors (Lipinski definition) is 0. The molecule has 0 bridgehead atoms. The molecule has 0 aromatic heterocycles. The van der Waals surface area contributed by atoms with E-state index < -0.39 is 5.60 Å². The van der Waals surface area contributed by atoms with Crippen LogP contribution in [0.25, 0.3) is 0 Å². The monoisotopic (exact) mass is 411 g/mol. The molecule has 0 aromatic carbocycles. The molecule has 0 aliphatic rings. The van der Waals surface area contributed by atoms with Crippen molar-refractivity contribution in [3.8, 4) is 0 Å². The van der Waals surface area contributed by atoms with Gasteiger partial charge >= 0.3 is 11.9 Å². The van der Waals surface area contributed by atoms with Crippen molar-refractivity contribution in [2.45, 2.75) is 104 Å². The van der Waals surface area contributed by atoms with Crippen LogP contribution in [0.2, 0.25) is 0 Å². The SMILES string of the molecule is CC/C=C\COC(=O)CCCN(CCCCCCCCC)CC(=O)OC(C)(C)C. The molecule has 0 aliphatic heterocycles. The van der Waals surface area contributed by atoms with Crippen LogP contribution >= 0.6 is 0 Å². The van der Waals surface area contributed by atoms with Crippen LogP contribution in [-0.2, 0) is 19.1 Å². The van der Waals surface area contributed by atoms with Crippen molar-refractivity contribution in [3.05, 3.63) is 12.2 Å². The molecule has 0 aromatic rings. The molecular weight excluding hydrogens is 366 g/mol. The number of carbonyl (C=O) groups excluding carboxylic acids is 2. The third-order valence-electron chi connectivity index (χ3n) is 4.45. The molecule has 0 amide bonds. The van der Waals surface area contributed by atoms with Gasteiger partial charge in [-0.05, 0) is 53.1 Å². The predicted octanol–water partition coefficient (Wildman–Crippen LogP) is 5.67. The Bertz CT molecular complexity index is 454. The second-order valence-electron chi connectivity index (χ2n) is 8.65. The lowest BCUT2D eigenvalue weighted by molar-refractivity contribution is -0.156. The number of nitrogens with zero attached hydrogens (tertiary/aromatic N) is 1. The lowest BCUT2D eigenvalue weighted by Gasteiger charge is -2.25. The van der Waals surface area contributed by atoms with Gasteiger partial charge in [0.05, 0.1) is 6.54 Å². The van der Waals surface area contributed by atoms with E-state index in [0.29, 0.717) is 26.0 Å². The summed E-state index contributed by atoms with van der Waals surface area (Å²) in [7, 11) is 0. The highest BCUT2D eigenvalue weighted by molar-refractivity contribution is 5.72. The first kappa shape index (κ1) is 27.6. The van der Waals surface area contributed by atoms with Gasteiger partial charge in [0.1, 0.15) is 12.2 Å². The Morgan fingerprint density at radius 2 is 1.45 bits per heavy atom. The zero-order chi connectivity index (χ0) is 22.0. The van der Waals surface area contributed by atoms with Crippen LogP contribution in [-0.4, -0.2) is 48.7 Å². The maximum Gasteiger partial charge on any atom is 0.320 e. The van der Waals surface area contributed by atoms with E-state index in [9.17, 15) is 9.59 Å². The maximum absolute atomic E-state index is 12.2. The Labute approximate surface area is 179 Å². The average Bonchev–Trinajstić information content (AvgIpc) is 2.62. The number of allylic oxidation sites excluding steroid dienone is 1. The zero-order valence-corrected chi connectivity index (χ0v) is 19.6. The first-order valence-electron chi connectivity index (χ1n) is 11.5. The van der Waals surface area contributed by atoms with Gasteiger partial charge in [-0.3, -0.25) is 14.5 Å². The predicted molar refractivity (Wildman–Crippen MR) is 120 cm³/mol. The minimum atomic E-state index is -0.474. The molecule has 0 aliphatic carbocycles. The second-order valence-corrected chi connectivity index (χ2v) is 8.65. The van der Waals surface area contributed by atoms with Crippen LogP contribution in [0.4, 0.5) is 0 Å². The summed E-state index contributed by atoms with van der Waals surface area (Å²) in [4.78, 5) is 26.1. The van der Waals surface area contributed by atoms with Gasteiger partial charge in [-0.15, -0.1) is 0 Å². The average molecular weight is 412 g/mol. The highest BCUT2D eigenvalue weighted by atomic mass is 16.6. The quantitative estimate of drug-likeness (QED) is 0.175. The van der Waals surface area contributed by atoms with E-state index in [1.165, 1.54) is 38.5 Å². The fourth-order valence-electron chi connectivity index (χ4n) is 3.01. The summed E-state index contributed by atoms with van der Waals surface area (Å²) in [6.45, 7) is 12.1. The normalized spacial score (nSPS) is 11.9. The largest absolute Gasteiger partial charge is 0.461 e. The molecule has 0 heterocycles. The van der Waals surface area contributed by atoms with Crippen molar-refractivity contribution in [1.82, 2.24) is 4.90 Å². The number of ether oxygens (including phenoxy) is 2. The molecule has 0 unspecified atom stereocenters. The Kier molecular flexibility index (Phi) is 16.7. The van der Waals surface area contributed by atoms with Gasteiger partial charge in [0.15, 0.2) is 0 Å². The number of unbranched alkanes of at least 4 members (excludes halogenated alkanes) is 6. The van der Waals surface area contributed by atoms with Gasteiger partial charge in [-0.1, -0.05) is 64.5 Å². The van der Waals surface area contributed by atoms with Gasteiger partial charge < -0.3 is 9.47 Å².